The van der Waals surface area contributed by atoms with E-state index >= 15 is 0 Å². The van der Waals surface area contributed by atoms with Crippen LogP contribution in [0.15, 0.2) is 72.9 Å². The highest BCUT2D eigenvalue weighted by molar-refractivity contribution is 5.71. The van der Waals surface area contributed by atoms with Gasteiger partial charge in [-0.2, -0.15) is 0 Å². The van der Waals surface area contributed by atoms with E-state index in [1.807, 2.05) is 0 Å². The van der Waals surface area contributed by atoms with Gasteiger partial charge in [0.2, 0.25) is 0 Å². The third kappa shape index (κ3) is 51.8. The molecule has 0 spiro atoms. The zero-order valence-corrected chi connectivity index (χ0v) is 43.4. The van der Waals surface area contributed by atoms with E-state index in [4.69, 9.17) is 14.2 Å². The second-order valence-electron chi connectivity index (χ2n) is 18.5. The summed E-state index contributed by atoms with van der Waals surface area (Å²) >= 11 is 0. The van der Waals surface area contributed by atoms with Crippen LogP contribution in [0.5, 0.6) is 0 Å². The normalized spacial score (nSPS) is 12.6. The van der Waals surface area contributed by atoms with E-state index in [2.05, 4.69) is 93.7 Å². The van der Waals surface area contributed by atoms with Gasteiger partial charge in [0.1, 0.15) is 13.2 Å². The van der Waals surface area contributed by atoms with Crippen molar-refractivity contribution in [3.8, 4) is 0 Å². The molecule has 0 bridgehead atoms. The van der Waals surface area contributed by atoms with E-state index in [-0.39, 0.29) is 31.1 Å². The molecule has 6 nitrogen and oxygen atoms in total. The average molecular weight is 921 g/mol. The number of hydrogen-bond donors (Lipinski definition) is 0. The van der Waals surface area contributed by atoms with Crippen LogP contribution in [0.25, 0.3) is 0 Å². The molecule has 0 aromatic carbocycles. The molecule has 6 heteroatoms. The molecule has 1 atom stereocenters. The van der Waals surface area contributed by atoms with E-state index in [9.17, 15) is 14.4 Å². The lowest BCUT2D eigenvalue weighted by Crippen LogP contribution is -2.30. The highest BCUT2D eigenvalue weighted by Gasteiger charge is 2.19. The minimum absolute atomic E-state index is 0.0887. The van der Waals surface area contributed by atoms with Gasteiger partial charge in [-0.3, -0.25) is 14.4 Å². The lowest BCUT2D eigenvalue weighted by molar-refractivity contribution is -0.167. The van der Waals surface area contributed by atoms with Crippen molar-refractivity contribution >= 4 is 17.9 Å². The molecule has 0 aromatic heterocycles. The van der Waals surface area contributed by atoms with Crippen LogP contribution in [0.4, 0.5) is 0 Å². The van der Waals surface area contributed by atoms with Crippen LogP contribution in [0.2, 0.25) is 0 Å². The van der Waals surface area contributed by atoms with Crippen molar-refractivity contribution in [2.75, 3.05) is 13.2 Å². The summed E-state index contributed by atoms with van der Waals surface area (Å²) in [6.45, 7) is 6.49. The Labute approximate surface area is 408 Å². The molecule has 0 saturated carbocycles. The number of esters is 3. The number of hydrogen-bond acceptors (Lipinski definition) is 6. The van der Waals surface area contributed by atoms with Gasteiger partial charge in [-0.15, -0.1) is 0 Å². The monoisotopic (exact) mass is 921 g/mol. The van der Waals surface area contributed by atoms with Gasteiger partial charge in [-0.05, 0) is 109 Å². The predicted molar refractivity (Wildman–Crippen MR) is 284 cm³/mol. The fourth-order valence-electron chi connectivity index (χ4n) is 7.72. The van der Waals surface area contributed by atoms with Crippen LogP contribution in [0, 0.1) is 0 Å². The van der Waals surface area contributed by atoms with E-state index in [0.29, 0.717) is 19.3 Å². The SMILES string of the molecule is CC/C=C\C/C=C\C/C=C\CCCCCCCC(=O)OCC(COC(=O)CCCCCCCCC/C=C\CCCCCCCC)OC(=O)CCCCCCC/C=C\C/C=C\CCCCCC. The van der Waals surface area contributed by atoms with Gasteiger partial charge in [0.25, 0.3) is 0 Å². The quantitative estimate of drug-likeness (QED) is 0.0262. The van der Waals surface area contributed by atoms with E-state index in [1.165, 1.54) is 109 Å². The fraction of sp³-hybridized carbons (Fsp3) is 0.750. The van der Waals surface area contributed by atoms with Crippen LogP contribution in [-0.2, 0) is 28.6 Å². The molecular weight excluding hydrogens is 817 g/mol. The van der Waals surface area contributed by atoms with E-state index in [1.54, 1.807) is 0 Å². The van der Waals surface area contributed by atoms with Gasteiger partial charge >= 0.3 is 17.9 Å². The number of allylic oxidation sites excluding steroid dienone is 12. The molecular formula is C60H104O6. The Kier molecular flexibility index (Phi) is 51.9. The summed E-state index contributed by atoms with van der Waals surface area (Å²) in [7, 11) is 0. The van der Waals surface area contributed by atoms with Crippen LogP contribution in [0.3, 0.4) is 0 Å². The summed E-state index contributed by atoms with van der Waals surface area (Å²) in [6, 6.07) is 0. The minimum Gasteiger partial charge on any atom is -0.462 e. The largest absolute Gasteiger partial charge is 0.462 e. The predicted octanol–water partition coefficient (Wildman–Crippen LogP) is 18.6. The minimum atomic E-state index is -0.792. The highest BCUT2D eigenvalue weighted by atomic mass is 16.6. The molecule has 0 aromatic rings. The molecule has 1 unspecified atom stereocenters. The van der Waals surface area contributed by atoms with Crippen LogP contribution in [0.1, 0.15) is 271 Å². The second kappa shape index (κ2) is 54.5. The third-order valence-corrected chi connectivity index (χ3v) is 11.9. The first-order valence-electron chi connectivity index (χ1n) is 27.9. The molecule has 0 aliphatic carbocycles. The first kappa shape index (κ1) is 62.8. The Morgan fingerprint density at radius 1 is 0.318 bits per heavy atom. The van der Waals surface area contributed by atoms with Crippen LogP contribution < -0.4 is 0 Å². The van der Waals surface area contributed by atoms with Gasteiger partial charge < -0.3 is 14.2 Å². The van der Waals surface area contributed by atoms with E-state index < -0.39 is 6.10 Å². The summed E-state index contributed by atoms with van der Waals surface area (Å²) in [6.07, 6.45) is 68.8. The van der Waals surface area contributed by atoms with Crippen molar-refractivity contribution in [2.45, 2.75) is 277 Å². The number of rotatable bonds is 50. The first-order valence-corrected chi connectivity index (χ1v) is 27.9. The first-order chi connectivity index (χ1) is 32.5. The maximum absolute atomic E-state index is 12.8. The molecule has 66 heavy (non-hydrogen) atoms. The molecule has 0 radical (unpaired) electrons. The molecule has 0 aliphatic rings. The van der Waals surface area contributed by atoms with Crippen molar-refractivity contribution in [3.05, 3.63) is 72.9 Å². The van der Waals surface area contributed by atoms with Gasteiger partial charge in [0.05, 0.1) is 0 Å². The summed E-state index contributed by atoms with van der Waals surface area (Å²) in [5.41, 5.74) is 0. The zero-order valence-electron chi connectivity index (χ0n) is 43.4. The van der Waals surface area contributed by atoms with Gasteiger partial charge in [-0.1, -0.05) is 216 Å². The smallest absolute Gasteiger partial charge is 0.306 e. The average Bonchev–Trinajstić information content (AvgIpc) is 3.31. The molecule has 0 saturated heterocycles. The second-order valence-corrected chi connectivity index (χ2v) is 18.5. The molecule has 0 fully saturated rings. The molecule has 0 N–H and O–H groups in total. The Morgan fingerprint density at radius 2 is 0.591 bits per heavy atom. The Hall–Kier alpha value is -3.15. The fourth-order valence-corrected chi connectivity index (χ4v) is 7.72. The summed E-state index contributed by atoms with van der Waals surface area (Å²) in [5, 5.41) is 0. The molecule has 0 rings (SSSR count). The topological polar surface area (TPSA) is 78.9 Å². The van der Waals surface area contributed by atoms with Crippen LogP contribution >= 0.6 is 0 Å². The van der Waals surface area contributed by atoms with Crippen molar-refractivity contribution in [3.63, 3.8) is 0 Å². The summed E-state index contributed by atoms with van der Waals surface area (Å²) < 4.78 is 16.8. The number of ether oxygens (including phenoxy) is 3. The Balaban J connectivity index is 4.43. The van der Waals surface area contributed by atoms with Gasteiger partial charge in [0.15, 0.2) is 6.10 Å². The van der Waals surface area contributed by atoms with Crippen molar-refractivity contribution in [1.82, 2.24) is 0 Å². The van der Waals surface area contributed by atoms with Crippen molar-refractivity contribution in [1.29, 1.82) is 0 Å². The highest BCUT2D eigenvalue weighted by Crippen LogP contribution is 2.14. The number of carbonyl (C=O) groups excluding carboxylic acids is 3. The Bertz CT molecular complexity index is 1240. The lowest BCUT2D eigenvalue weighted by atomic mass is 10.1. The Morgan fingerprint density at radius 3 is 0.955 bits per heavy atom. The van der Waals surface area contributed by atoms with Crippen LogP contribution in [-0.4, -0.2) is 37.2 Å². The maximum Gasteiger partial charge on any atom is 0.306 e. The summed E-state index contributed by atoms with van der Waals surface area (Å²) in [4.78, 5) is 38.1. The van der Waals surface area contributed by atoms with E-state index in [0.717, 1.165) is 122 Å². The molecule has 380 valence electrons. The van der Waals surface area contributed by atoms with Crippen molar-refractivity contribution < 1.29 is 28.6 Å². The number of carbonyl (C=O) groups is 3. The van der Waals surface area contributed by atoms with Gasteiger partial charge in [0, 0.05) is 19.3 Å². The molecule has 0 heterocycles. The number of unbranched alkanes of at least 4 members (excludes halogenated alkanes) is 27. The molecule has 0 amide bonds. The lowest BCUT2D eigenvalue weighted by Gasteiger charge is -2.18. The standard InChI is InChI=1S/C60H104O6/c1-4-7-10-13-16-19-22-25-28-30-33-35-38-41-44-47-50-53-59(62)65-56-57(55-64-58(61)52-49-46-43-40-37-34-31-27-24-21-18-15-12-9-6-3)66-60(63)54-51-48-45-42-39-36-32-29-26-23-20-17-14-11-8-5-2/h9,12,18,20-21,23,25,27-29,31-32,57H,4-8,10-11,13-17,19,22,24,26,30,33-56H2,1-3H3/b12-9-,21-18-,23-20-,28-25-,31-27-,32-29-. The van der Waals surface area contributed by atoms with Crippen molar-refractivity contribution in [2.24, 2.45) is 0 Å². The molecule has 0 aliphatic heterocycles. The maximum atomic E-state index is 12.8. The van der Waals surface area contributed by atoms with Gasteiger partial charge in [-0.25, -0.2) is 0 Å². The summed E-state index contributed by atoms with van der Waals surface area (Å²) in [5.74, 6) is -0.918. The third-order valence-electron chi connectivity index (χ3n) is 11.9. The zero-order chi connectivity index (χ0) is 47.9.